The largest absolute Gasteiger partial charge is 0.490 e. The molecular weight excluding hydrogens is 288 g/mol. The first-order chi connectivity index (χ1) is 8.10. The van der Waals surface area contributed by atoms with Gasteiger partial charge in [0.15, 0.2) is 11.5 Å². The summed E-state index contributed by atoms with van der Waals surface area (Å²) in [6.45, 7) is 5.99. The molecule has 0 aliphatic heterocycles. The maximum Gasteiger partial charge on any atom is 0.339 e. The number of hydrogen-bond donors (Lipinski definition) is 1. The van der Waals surface area contributed by atoms with Crippen LogP contribution in [-0.2, 0) is 0 Å². The van der Waals surface area contributed by atoms with Crippen LogP contribution in [0.5, 0.6) is 11.5 Å². The molecule has 1 aromatic carbocycles. The summed E-state index contributed by atoms with van der Waals surface area (Å²) >= 11 is 3.23. The Bertz CT molecular complexity index is 429. The second-order valence-corrected chi connectivity index (χ2v) is 4.03. The van der Waals surface area contributed by atoms with Crippen LogP contribution in [0.15, 0.2) is 29.3 Å². The molecule has 0 fully saturated rings. The lowest BCUT2D eigenvalue weighted by Crippen LogP contribution is -2.06. The molecule has 0 aromatic heterocycles. The first-order valence-corrected chi connectivity index (χ1v) is 5.82. The highest BCUT2D eigenvalue weighted by Crippen LogP contribution is 2.35. The van der Waals surface area contributed by atoms with E-state index in [2.05, 4.69) is 22.5 Å². The van der Waals surface area contributed by atoms with Crippen LogP contribution in [0.3, 0.4) is 0 Å². The second-order valence-electron chi connectivity index (χ2n) is 3.12. The average Bonchev–Trinajstić information content (AvgIpc) is 2.27. The van der Waals surface area contributed by atoms with Crippen molar-refractivity contribution in [3.63, 3.8) is 0 Å². The van der Waals surface area contributed by atoms with E-state index in [1.54, 1.807) is 12.1 Å². The van der Waals surface area contributed by atoms with Crippen molar-refractivity contribution in [3.8, 4) is 11.5 Å². The predicted octanol–water partition coefficient (Wildman–Crippen LogP) is 3.11. The fourth-order valence-corrected chi connectivity index (χ4v) is 1.72. The van der Waals surface area contributed by atoms with Gasteiger partial charge in [0.2, 0.25) is 0 Å². The number of carboxylic acid groups (broad SMARTS) is 1. The smallest absolute Gasteiger partial charge is 0.339 e. The van der Waals surface area contributed by atoms with Crippen LogP contribution in [0, 0.1) is 0 Å². The van der Waals surface area contributed by atoms with Crippen LogP contribution < -0.4 is 9.47 Å². The van der Waals surface area contributed by atoms with Gasteiger partial charge < -0.3 is 14.6 Å². The van der Waals surface area contributed by atoms with E-state index < -0.39 is 5.97 Å². The third-order valence-corrected chi connectivity index (χ3v) is 2.35. The average molecular weight is 301 g/mol. The summed E-state index contributed by atoms with van der Waals surface area (Å²) in [6, 6.07) is 3.15. The molecule has 0 saturated carbocycles. The highest BCUT2D eigenvalue weighted by Gasteiger charge is 2.18. The first kappa shape index (κ1) is 13.6. The van der Waals surface area contributed by atoms with E-state index in [1.165, 1.54) is 6.07 Å². The molecule has 0 radical (unpaired) electrons. The molecule has 0 amide bonds. The van der Waals surface area contributed by atoms with E-state index in [-0.39, 0.29) is 17.9 Å². The molecule has 0 spiro atoms. The Morgan fingerprint density at radius 3 is 2.76 bits per heavy atom. The van der Waals surface area contributed by atoms with Crippen molar-refractivity contribution in [3.05, 3.63) is 34.8 Å². The lowest BCUT2D eigenvalue weighted by Gasteiger charge is -2.13. The highest BCUT2D eigenvalue weighted by molar-refractivity contribution is 9.10. The van der Waals surface area contributed by atoms with E-state index in [4.69, 9.17) is 14.6 Å². The summed E-state index contributed by atoms with van der Waals surface area (Å²) in [7, 11) is 0. The Kier molecular flexibility index (Phi) is 5.03. The van der Waals surface area contributed by atoms with Gasteiger partial charge in [-0.3, -0.25) is 0 Å². The Labute approximate surface area is 108 Å². The first-order valence-electron chi connectivity index (χ1n) is 5.03. The van der Waals surface area contributed by atoms with Crippen molar-refractivity contribution in [2.45, 2.75) is 6.92 Å². The fraction of sp³-hybridized carbons (Fsp3) is 0.250. The Hall–Kier alpha value is -1.49. The maximum absolute atomic E-state index is 11.1. The maximum atomic E-state index is 11.1. The van der Waals surface area contributed by atoms with Crippen LogP contribution >= 0.6 is 15.9 Å². The lowest BCUT2D eigenvalue weighted by atomic mass is 10.2. The van der Waals surface area contributed by atoms with Gasteiger partial charge in [0, 0.05) is 4.47 Å². The predicted molar refractivity (Wildman–Crippen MR) is 68.0 cm³/mol. The minimum Gasteiger partial charge on any atom is -0.490 e. The van der Waals surface area contributed by atoms with Gasteiger partial charge in [-0.1, -0.05) is 28.6 Å². The number of carboxylic acids is 1. The molecule has 0 bridgehead atoms. The van der Waals surface area contributed by atoms with Gasteiger partial charge in [0.25, 0.3) is 0 Å². The summed E-state index contributed by atoms with van der Waals surface area (Å²) in [5.41, 5.74) is 0.0599. The molecule has 92 valence electrons. The molecule has 0 heterocycles. The molecule has 1 N–H and O–H groups in total. The second kappa shape index (κ2) is 6.30. The van der Waals surface area contributed by atoms with Crippen LogP contribution in [0.25, 0.3) is 0 Å². The summed E-state index contributed by atoms with van der Waals surface area (Å²) in [5, 5.41) is 9.10. The Morgan fingerprint density at radius 2 is 2.24 bits per heavy atom. The van der Waals surface area contributed by atoms with Gasteiger partial charge in [-0.25, -0.2) is 4.79 Å². The number of benzene rings is 1. The van der Waals surface area contributed by atoms with Gasteiger partial charge in [0.05, 0.1) is 6.61 Å². The molecule has 0 aliphatic carbocycles. The number of carbonyl (C=O) groups is 1. The molecule has 4 nitrogen and oxygen atoms in total. The fourth-order valence-electron chi connectivity index (χ4n) is 1.28. The monoisotopic (exact) mass is 300 g/mol. The molecular formula is C12H13BrO4. The van der Waals surface area contributed by atoms with Crippen molar-refractivity contribution in [1.29, 1.82) is 0 Å². The van der Waals surface area contributed by atoms with Crippen LogP contribution in [0.2, 0.25) is 0 Å². The highest BCUT2D eigenvalue weighted by atomic mass is 79.9. The van der Waals surface area contributed by atoms with Crippen molar-refractivity contribution in [2.75, 3.05) is 13.2 Å². The zero-order valence-corrected chi connectivity index (χ0v) is 11.0. The van der Waals surface area contributed by atoms with Crippen LogP contribution in [0.4, 0.5) is 0 Å². The van der Waals surface area contributed by atoms with Gasteiger partial charge in [-0.15, -0.1) is 0 Å². The van der Waals surface area contributed by atoms with E-state index in [1.807, 2.05) is 6.92 Å². The molecule has 1 aromatic rings. The topological polar surface area (TPSA) is 55.8 Å². The Morgan fingerprint density at radius 1 is 1.53 bits per heavy atom. The van der Waals surface area contributed by atoms with Crippen LogP contribution in [-0.4, -0.2) is 24.3 Å². The molecule has 0 unspecified atom stereocenters. The number of rotatable bonds is 6. The molecule has 0 saturated heterocycles. The minimum absolute atomic E-state index is 0.0599. The van der Waals surface area contributed by atoms with E-state index in [0.717, 1.165) is 0 Å². The van der Waals surface area contributed by atoms with Gasteiger partial charge in [-0.05, 0) is 19.1 Å². The molecule has 0 atom stereocenters. The SMILES string of the molecule is C=CCOc1c(OCC)cc(Br)cc1C(=O)O. The molecule has 5 heteroatoms. The summed E-state index contributed by atoms with van der Waals surface area (Å²) in [5.74, 6) is -0.435. The van der Waals surface area contributed by atoms with Crippen molar-refractivity contribution >= 4 is 21.9 Å². The summed E-state index contributed by atoms with van der Waals surface area (Å²) < 4.78 is 11.3. The molecule has 17 heavy (non-hydrogen) atoms. The number of aromatic carboxylic acids is 1. The zero-order valence-electron chi connectivity index (χ0n) is 9.40. The lowest BCUT2D eigenvalue weighted by molar-refractivity contribution is 0.0691. The summed E-state index contributed by atoms with van der Waals surface area (Å²) in [6.07, 6.45) is 1.55. The third kappa shape index (κ3) is 3.49. The summed E-state index contributed by atoms with van der Waals surface area (Å²) in [4.78, 5) is 11.1. The number of ether oxygens (including phenoxy) is 2. The standard InChI is InChI=1S/C12H13BrO4/c1-3-5-17-11-9(12(14)15)6-8(13)7-10(11)16-4-2/h3,6-7H,1,4-5H2,2H3,(H,14,15). The van der Waals surface area contributed by atoms with Crippen molar-refractivity contribution in [2.24, 2.45) is 0 Å². The number of halogens is 1. The molecule has 1 rings (SSSR count). The van der Waals surface area contributed by atoms with Gasteiger partial charge in [-0.2, -0.15) is 0 Å². The Balaban J connectivity index is 3.25. The van der Waals surface area contributed by atoms with E-state index in [9.17, 15) is 4.79 Å². The van der Waals surface area contributed by atoms with E-state index >= 15 is 0 Å². The normalized spacial score (nSPS) is 9.76. The third-order valence-electron chi connectivity index (χ3n) is 1.90. The van der Waals surface area contributed by atoms with Crippen LogP contribution in [0.1, 0.15) is 17.3 Å². The minimum atomic E-state index is -1.06. The van der Waals surface area contributed by atoms with Crippen molar-refractivity contribution in [1.82, 2.24) is 0 Å². The van der Waals surface area contributed by atoms with Gasteiger partial charge >= 0.3 is 5.97 Å². The van der Waals surface area contributed by atoms with E-state index in [0.29, 0.717) is 16.8 Å². The van der Waals surface area contributed by atoms with Crippen molar-refractivity contribution < 1.29 is 19.4 Å². The van der Waals surface area contributed by atoms with Gasteiger partial charge in [0.1, 0.15) is 12.2 Å². The number of hydrogen-bond acceptors (Lipinski definition) is 3. The quantitative estimate of drug-likeness (QED) is 0.820. The molecule has 0 aliphatic rings. The zero-order chi connectivity index (χ0) is 12.8.